The molecule has 0 aliphatic carbocycles. The second-order valence-corrected chi connectivity index (χ2v) is 8.09. The van der Waals surface area contributed by atoms with Crippen molar-refractivity contribution in [1.29, 1.82) is 0 Å². The van der Waals surface area contributed by atoms with Gasteiger partial charge in [0.15, 0.2) is 11.5 Å². The maximum absolute atomic E-state index is 13.0. The molecule has 0 radical (unpaired) electrons. The van der Waals surface area contributed by atoms with Crippen molar-refractivity contribution in [1.82, 2.24) is 4.31 Å². The average Bonchev–Trinajstić information content (AvgIpc) is 2.79. The first-order valence-corrected chi connectivity index (χ1v) is 9.61. The Balaban J connectivity index is 0.00000208. The zero-order chi connectivity index (χ0) is 16.4. The van der Waals surface area contributed by atoms with Crippen molar-refractivity contribution in [3.05, 3.63) is 18.2 Å². The molecule has 0 aromatic heterocycles. The quantitative estimate of drug-likeness (QED) is 0.874. The number of hydrogen-bond donors (Lipinski definition) is 1. The molecule has 136 valence electrons. The normalized spacial score (nSPS) is 23.0. The summed E-state index contributed by atoms with van der Waals surface area (Å²) < 4.78 is 38.8. The number of benzene rings is 1. The van der Waals surface area contributed by atoms with E-state index >= 15 is 0 Å². The summed E-state index contributed by atoms with van der Waals surface area (Å²) in [4.78, 5) is 0.245. The van der Waals surface area contributed by atoms with Crippen molar-refractivity contribution in [3.63, 3.8) is 0 Å². The van der Waals surface area contributed by atoms with E-state index in [2.05, 4.69) is 0 Å². The van der Waals surface area contributed by atoms with Crippen LogP contribution in [0.25, 0.3) is 0 Å². The molecule has 2 aliphatic heterocycles. The van der Waals surface area contributed by atoms with Crippen molar-refractivity contribution in [2.24, 2.45) is 5.73 Å². The Morgan fingerprint density at radius 3 is 2.58 bits per heavy atom. The molecular formula is C16H25ClN2O4S. The lowest BCUT2D eigenvalue weighted by Crippen LogP contribution is -2.51. The molecule has 6 nitrogen and oxygen atoms in total. The van der Waals surface area contributed by atoms with Gasteiger partial charge >= 0.3 is 0 Å². The van der Waals surface area contributed by atoms with Gasteiger partial charge in [-0.15, -0.1) is 12.4 Å². The highest BCUT2D eigenvalue weighted by Crippen LogP contribution is 2.34. The van der Waals surface area contributed by atoms with Crippen molar-refractivity contribution in [3.8, 4) is 11.5 Å². The smallest absolute Gasteiger partial charge is 0.243 e. The number of halogens is 1. The predicted molar refractivity (Wildman–Crippen MR) is 94.5 cm³/mol. The largest absolute Gasteiger partial charge is 0.490 e. The zero-order valence-electron chi connectivity index (χ0n) is 13.8. The Morgan fingerprint density at radius 2 is 1.88 bits per heavy atom. The second kappa shape index (κ2) is 7.91. The molecule has 0 spiro atoms. The molecule has 2 atom stereocenters. The van der Waals surface area contributed by atoms with Gasteiger partial charge in [-0.2, -0.15) is 4.31 Å². The number of ether oxygens (including phenoxy) is 2. The van der Waals surface area contributed by atoms with E-state index in [0.717, 1.165) is 25.7 Å². The first-order valence-electron chi connectivity index (χ1n) is 8.17. The number of nitrogens with two attached hydrogens (primary N) is 1. The third-order valence-electron chi connectivity index (χ3n) is 4.43. The Hall–Kier alpha value is -1.02. The summed E-state index contributed by atoms with van der Waals surface area (Å²) in [7, 11) is -3.58. The topological polar surface area (TPSA) is 81.9 Å². The van der Waals surface area contributed by atoms with Crippen LogP contribution in [0, 0.1) is 0 Å². The minimum Gasteiger partial charge on any atom is -0.490 e. The molecule has 1 aromatic rings. The molecule has 3 rings (SSSR count). The molecular weight excluding hydrogens is 352 g/mol. The number of hydrogen-bond acceptors (Lipinski definition) is 5. The fraction of sp³-hybridized carbons (Fsp3) is 0.625. The van der Waals surface area contributed by atoms with Crippen LogP contribution in [0.2, 0.25) is 0 Å². The average molecular weight is 377 g/mol. The van der Waals surface area contributed by atoms with Gasteiger partial charge in [-0.3, -0.25) is 0 Å². The molecule has 0 amide bonds. The van der Waals surface area contributed by atoms with Gasteiger partial charge in [0, 0.05) is 31.1 Å². The monoisotopic (exact) mass is 376 g/mol. The molecule has 0 bridgehead atoms. The molecule has 24 heavy (non-hydrogen) atoms. The van der Waals surface area contributed by atoms with Crippen molar-refractivity contribution in [2.75, 3.05) is 19.8 Å². The number of nitrogens with zero attached hydrogens (tertiary/aromatic N) is 1. The van der Waals surface area contributed by atoms with Crippen LogP contribution >= 0.6 is 12.4 Å². The van der Waals surface area contributed by atoms with Crippen LogP contribution in [-0.4, -0.2) is 44.6 Å². The maximum atomic E-state index is 13.0. The number of piperidine rings is 1. The van der Waals surface area contributed by atoms with Crippen LogP contribution < -0.4 is 15.2 Å². The SMILES string of the molecule is CC(N)C1CCCCN1S(=O)(=O)c1ccc2c(c1)OCCCO2.Cl. The second-order valence-electron chi connectivity index (χ2n) is 6.20. The van der Waals surface area contributed by atoms with E-state index in [-0.39, 0.29) is 29.4 Å². The summed E-state index contributed by atoms with van der Waals surface area (Å²) in [6.07, 6.45) is 3.48. The van der Waals surface area contributed by atoms with Crippen LogP contribution in [0.15, 0.2) is 23.1 Å². The number of fused-ring (bicyclic) bond motifs is 1. The molecule has 2 aliphatic rings. The minimum atomic E-state index is -3.58. The lowest BCUT2D eigenvalue weighted by atomic mass is 10.00. The molecule has 1 aromatic carbocycles. The summed E-state index contributed by atoms with van der Waals surface area (Å²) in [6.45, 7) is 3.50. The Bertz CT molecular complexity index is 666. The van der Waals surface area contributed by atoms with Gasteiger partial charge in [-0.25, -0.2) is 8.42 Å². The van der Waals surface area contributed by atoms with Crippen LogP contribution in [-0.2, 0) is 10.0 Å². The number of sulfonamides is 1. The lowest BCUT2D eigenvalue weighted by Gasteiger charge is -2.36. The maximum Gasteiger partial charge on any atom is 0.243 e. The van der Waals surface area contributed by atoms with E-state index in [4.69, 9.17) is 15.2 Å². The molecule has 8 heteroatoms. The van der Waals surface area contributed by atoms with Crippen molar-refractivity contribution < 1.29 is 17.9 Å². The highest BCUT2D eigenvalue weighted by Gasteiger charge is 2.35. The van der Waals surface area contributed by atoms with Gasteiger partial charge in [0.1, 0.15) is 0 Å². The van der Waals surface area contributed by atoms with Gasteiger partial charge in [0.05, 0.1) is 18.1 Å². The highest BCUT2D eigenvalue weighted by atomic mass is 35.5. The van der Waals surface area contributed by atoms with E-state index in [0.29, 0.717) is 31.3 Å². The minimum absolute atomic E-state index is 0. The van der Waals surface area contributed by atoms with Gasteiger partial charge in [0.25, 0.3) is 0 Å². The standard InChI is InChI=1S/C16H24N2O4S.ClH/c1-12(17)14-5-2-3-8-18(14)23(19,20)13-6-7-15-16(11-13)22-10-4-9-21-15;/h6-7,11-12,14H,2-5,8-10,17H2,1H3;1H. The summed E-state index contributed by atoms with van der Waals surface area (Å²) in [5, 5.41) is 0. The fourth-order valence-corrected chi connectivity index (χ4v) is 4.98. The van der Waals surface area contributed by atoms with Crippen LogP contribution in [0.5, 0.6) is 11.5 Å². The van der Waals surface area contributed by atoms with Gasteiger partial charge in [-0.05, 0) is 31.9 Å². The first kappa shape index (κ1) is 19.3. The summed E-state index contributed by atoms with van der Waals surface area (Å²) in [5.41, 5.74) is 6.01. The lowest BCUT2D eigenvalue weighted by molar-refractivity contribution is 0.227. The Labute approximate surface area is 149 Å². The fourth-order valence-electron chi connectivity index (χ4n) is 3.19. The predicted octanol–water partition coefficient (Wildman–Crippen LogP) is 2.16. The molecule has 1 saturated heterocycles. The molecule has 2 unspecified atom stereocenters. The van der Waals surface area contributed by atoms with Crippen LogP contribution in [0.4, 0.5) is 0 Å². The van der Waals surface area contributed by atoms with Gasteiger partial charge in [0.2, 0.25) is 10.0 Å². The van der Waals surface area contributed by atoms with E-state index in [1.165, 1.54) is 0 Å². The summed E-state index contributed by atoms with van der Waals surface area (Å²) in [5.74, 6) is 1.10. The van der Waals surface area contributed by atoms with Crippen molar-refractivity contribution in [2.45, 2.75) is 49.6 Å². The molecule has 2 N–H and O–H groups in total. The van der Waals surface area contributed by atoms with Crippen LogP contribution in [0.1, 0.15) is 32.6 Å². The summed E-state index contributed by atoms with van der Waals surface area (Å²) >= 11 is 0. The van der Waals surface area contributed by atoms with Crippen LogP contribution in [0.3, 0.4) is 0 Å². The molecule has 1 fully saturated rings. The highest BCUT2D eigenvalue weighted by molar-refractivity contribution is 7.89. The molecule has 0 saturated carbocycles. The Morgan fingerprint density at radius 1 is 1.17 bits per heavy atom. The van der Waals surface area contributed by atoms with Crippen molar-refractivity contribution >= 4 is 22.4 Å². The molecule has 2 heterocycles. The van der Waals surface area contributed by atoms with E-state index < -0.39 is 10.0 Å². The van der Waals surface area contributed by atoms with E-state index in [1.807, 2.05) is 6.92 Å². The first-order chi connectivity index (χ1) is 11.0. The number of rotatable bonds is 3. The Kier molecular flexibility index (Phi) is 6.36. The third kappa shape index (κ3) is 3.79. The van der Waals surface area contributed by atoms with E-state index in [9.17, 15) is 8.42 Å². The van der Waals surface area contributed by atoms with Gasteiger partial charge < -0.3 is 15.2 Å². The third-order valence-corrected chi connectivity index (χ3v) is 6.35. The summed E-state index contributed by atoms with van der Waals surface area (Å²) in [6, 6.07) is 4.51. The van der Waals surface area contributed by atoms with Gasteiger partial charge in [-0.1, -0.05) is 6.42 Å². The van der Waals surface area contributed by atoms with E-state index in [1.54, 1.807) is 22.5 Å². The zero-order valence-corrected chi connectivity index (χ0v) is 15.4.